The van der Waals surface area contributed by atoms with Crippen LogP contribution in [0, 0.1) is 10.1 Å². The molecular formula is C19H30BNO5Si. The molecule has 1 heterocycles. The molecule has 1 aromatic rings. The van der Waals surface area contributed by atoms with Crippen molar-refractivity contribution >= 4 is 28.0 Å². The lowest BCUT2D eigenvalue weighted by Crippen LogP contribution is -2.42. The molecule has 0 spiro atoms. The van der Waals surface area contributed by atoms with Gasteiger partial charge in [0.1, 0.15) is 0 Å². The highest BCUT2D eigenvalue weighted by Crippen LogP contribution is 2.39. The molecule has 0 unspecified atom stereocenters. The zero-order valence-corrected chi connectivity index (χ0v) is 18.8. The third-order valence-corrected chi connectivity index (χ3v) is 6.22. The van der Waals surface area contributed by atoms with E-state index in [9.17, 15) is 10.1 Å². The molecule has 0 saturated carbocycles. The normalized spacial score (nSPS) is 19.4. The number of nitrogens with zero attached hydrogens (tertiary/aromatic N) is 1. The monoisotopic (exact) mass is 391 g/mol. The molecule has 0 amide bonds. The first kappa shape index (κ1) is 22.1. The predicted octanol–water partition coefficient (Wildman–Crippen LogP) is 3.98. The Bertz CT molecular complexity index is 711. The van der Waals surface area contributed by atoms with E-state index in [-0.39, 0.29) is 25.4 Å². The smallest absolute Gasteiger partial charge is 0.408 e. The van der Waals surface area contributed by atoms with Gasteiger partial charge in [-0.2, -0.15) is 0 Å². The van der Waals surface area contributed by atoms with Crippen LogP contribution in [0.1, 0.15) is 67.9 Å². The maximum atomic E-state index is 11.8. The van der Waals surface area contributed by atoms with Crippen LogP contribution < -0.4 is 5.46 Å². The van der Waals surface area contributed by atoms with Crippen LogP contribution in [0.3, 0.4) is 0 Å². The average molecular weight is 391 g/mol. The molecule has 6 nitrogen and oxygen atoms in total. The first-order chi connectivity index (χ1) is 12.1. The van der Waals surface area contributed by atoms with Crippen LogP contribution in [0.5, 0.6) is 0 Å². The summed E-state index contributed by atoms with van der Waals surface area (Å²) >= 11 is 0. The zero-order chi connectivity index (χ0) is 20.8. The van der Waals surface area contributed by atoms with Crippen molar-refractivity contribution in [3.63, 3.8) is 0 Å². The van der Waals surface area contributed by atoms with E-state index < -0.39 is 23.9 Å². The van der Waals surface area contributed by atoms with Gasteiger partial charge in [0, 0.05) is 6.07 Å². The average Bonchev–Trinajstić information content (AvgIpc) is 2.72. The fourth-order valence-electron chi connectivity index (χ4n) is 2.86. The second-order valence-corrected chi connectivity index (χ2v) is 11.5. The fraction of sp³-hybridized carbons (Fsp3) is 0.684. The van der Waals surface area contributed by atoms with Crippen LogP contribution in [-0.2, 0) is 19.3 Å². The Kier molecular flexibility index (Phi) is 5.71. The largest absolute Gasteiger partial charge is 0.495 e. The van der Waals surface area contributed by atoms with Crippen molar-refractivity contribution in [2.75, 3.05) is 0 Å². The van der Waals surface area contributed by atoms with Crippen molar-refractivity contribution in [1.29, 1.82) is 0 Å². The lowest BCUT2D eigenvalue weighted by Gasteiger charge is -2.32. The number of nitro benzene ring substituents is 1. The standard InChI is InChI=1S/C19H30BNO5Si/c1-16(2,3)27-26-17(4,5)15-13(11-10-12-14(15)21(22)23)20-24-18(6,7)19(8,9)25-20/h10-12H,1-9H3. The summed E-state index contributed by atoms with van der Waals surface area (Å²) in [6.07, 6.45) is 0. The summed E-state index contributed by atoms with van der Waals surface area (Å²) in [7, 11) is -0.500. The lowest BCUT2D eigenvalue weighted by molar-refractivity contribution is -0.386. The van der Waals surface area contributed by atoms with Crippen LogP contribution in [0.25, 0.3) is 0 Å². The van der Waals surface area contributed by atoms with Gasteiger partial charge in [-0.1, -0.05) is 32.9 Å². The molecule has 0 aliphatic carbocycles. The summed E-state index contributed by atoms with van der Waals surface area (Å²) in [6.45, 7) is 17.8. The van der Waals surface area contributed by atoms with E-state index in [4.69, 9.17) is 13.7 Å². The Labute approximate surface area is 165 Å². The van der Waals surface area contributed by atoms with E-state index in [2.05, 4.69) is 20.8 Å². The SMILES string of the molecule is CC(C)(C)[Si]OC(C)(C)c1c(B2OC(C)(C)C(C)(C)O2)cccc1[N+](=O)[O-]. The van der Waals surface area contributed by atoms with Crippen molar-refractivity contribution in [3.8, 4) is 0 Å². The molecule has 0 atom stereocenters. The van der Waals surface area contributed by atoms with Gasteiger partial charge in [0.15, 0.2) is 0 Å². The highest BCUT2D eigenvalue weighted by atomic mass is 28.2. The Morgan fingerprint density at radius 2 is 1.59 bits per heavy atom. The molecule has 0 N–H and O–H groups in total. The van der Waals surface area contributed by atoms with Gasteiger partial charge >= 0.3 is 7.12 Å². The summed E-state index contributed by atoms with van der Waals surface area (Å²) in [5.41, 5.74) is -0.758. The second kappa shape index (κ2) is 6.99. The van der Waals surface area contributed by atoms with Crippen molar-refractivity contribution < 1.29 is 18.7 Å². The minimum atomic E-state index is -0.867. The lowest BCUT2D eigenvalue weighted by atomic mass is 9.72. The van der Waals surface area contributed by atoms with E-state index >= 15 is 0 Å². The van der Waals surface area contributed by atoms with Gasteiger partial charge in [-0.15, -0.1) is 0 Å². The van der Waals surface area contributed by atoms with E-state index in [1.807, 2.05) is 47.6 Å². The summed E-state index contributed by atoms with van der Waals surface area (Å²) in [5, 5.41) is 11.7. The van der Waals surface area contributed by atoms with Gasteiger partial charge in [0.25, 0.3) is 5.69 Å². The zero-order valence-electron chi connectivity index (χ0n) is 17.8. The third-order valence-electron chi connectivity index (χ3n) is 4.99. The third kappa shape index (κ3) is 4.62. The quantitative estimate of drug-likeness (QED) is 0.431. The molecular weight excluding hydrogens is 361 g/mol. The maximum absolute atomic E-state index is 11.8. The van der Waals surface area contributed by atoms with Crippen LogP contribution in [-0.4, -0.2) is 33.0 Å². The van der Waals surface area contributed by atoms with Crippen LogP contribution in [0.2, 0.25) is 5.04 Å². The molecule has 2 rings (SSSR count). The van der Waals surface area contributed by atoms with Gasteiger partial charge in [-0.05, 0) is 52.0 Å². The van der Waals surface area contributed by atoms with Gasteiger partial charge < -0.3 is 13.7 Å². The number of benzene rings is 1. The molecule has 1 aromatic carbocycles. The summed E-state index contributed by atoms with van der Waals surface area (Å²) in [6, 6.07) is 5.01. The molecule has 1 aliphatic rings. The van der Waals surface area contributed by atoms with Gasteiger partial charge in [-0.3, -0.25) is 10.1 Å². The molecule has 148 valence electrons. The van der Waals surface area contributed by atoms with E-state index in [1.54, 1.807) is 6.07 Å². The molecule has 2 radical (unpaired) electrons. The first-order valence-corrected chi connectivity index (χ1v) is 10.1. The topological polar surface area (TPSA) is 70.8 Å². The Balaban J connectivity index is 2.54. The highest BCUT2D eigenvalue weighted by Gasteiger charge is 2.53. The van der Waals surface area contributed by atoms with Crippen molar-refractivity contribution in [2.24, 2.45) is 0 Å². The number of rotatable bonds is 5. The van der Waals surface area contributed by atoms with Crippen LogP contribution in [0.15, 0.2) is 18.2 Å². The molecule has 8 heteroatoms. The van der Waals surface area contributed by atoms with Gasteiger partial charge in [0.2, 0.25) is 9.76 Å². The van der Waals surface area contributed by atoms with Crippen molar-refractivity contribution in [1.82, 2.24) is 0 Å². The predicted molar refractivity (Wildman–Crippen MR) is 108 cm³/mol. The minimum absolute atomic E-state index is 0.0194. The number of nitro groups is 1. The molecule has 1 aliphatic heterocycles. The Morgan fingerprint density at radius 1 is 1.07 bits per heavy atom. The summed E-state index contributed by atoms with van der Waals surface area (Å²) in [4.78, 5) is 11.4. The Hall–Kier alpha value is -1.22. The molecule has 1 saturated heterocycles. The minimum Gasteiger partial charge on any atom is -0.408 e. The van der Waals surface area contributed by atoms with Crippen LogP contribution >= 0.6 is 0 Å². The van der Waals surface area contributed by atoms with Crippen molar-refractivity contribution in [2.45, 2.75) is 84.2 Å². The summed E-state index contributed by atoms with van der Waals surface area (Å²) in [5.74, 6) is 0. The maximum Gasteiger partial charge on any atom is 0.495 e. The first-order valence-electron chi connectivity index (χ1n) is 9.16. The molecule has 0 bridgehead atoms. The van der Waals surface area contributed by atoms with Gasteiger partial charge in [0.05, 0.1) is 27.3 Å². The highest BCUT2D eigenvalue weighted by molar-refractivity contribution is 6.62. The van der Waals surface area contributed by atoms with Crippen LogP contribution in [0.4, 0.5) is 5.69 Å². The molecule has 1 fully saturated rings. The number of hydrogen-bond donors (Lipinski definition) is 0. The summed E-state index contributed by atoms with van der Waals surface area (Å²) < 4.78 is 18.5. The van der Waals surface area contributed by atoms with Crippen molar-refractivity contribution in [3.05, 3.63) is 33.9 Å². The van der Waals surface area contributed by atoms with Gasteiger partial charge in [-0.25, -0.2) is 0 Å². The molecule has 27 heavy (non-hydrogen) atoms. The van der Waals surface area contributed by atoms with E-state index in [0.29, 0.717) is 11.0 Å². The fourth-order valence-corrected chi connectivity index (χ4v) is 3.53. The number of hydrogen-bond acceptors (Lipinski definition) is 5. The second-order valence-electron chi connectivity index (χ2n) is 9.55. The van der Waals surface area contributed by atoms with E-state index in [1.165, 1.54) is 6.07 Å². The Morgan fingerprint density at radius 3 is 2.04 bits per heavy atom. The molecule has 0 aromatic heterocycles. The van der Waals surface area contributed by atoms with E-state index in [0.717, 1.165) is 0 Å².